The number of amides is 2. The first-order valence-corrected chi connectivity index (χ1v) is 11.7. The van der Waals surface area contributed by atoms with Crippen molar-refractivity contribution < 1.29 is 23.9 Å². The van der Waals surface area contributed by atoms with Gasteiger partial charge in [-0.2, -0.15) is 0 Å². The van der Waals surface area contributed by atoms with Crippen molar-refractivity contribution in [1.29, 1.82) is 0 Å². The van der Waals surface area contributed by atoms with Gasteiger partial charge in [-0.15, -0.1) is 0 Å². The van der Waals surface area contributed by atoms with E-state index in [4.69, 9.17) is 16.3 Å². The van der Waals surface area contributed by atoms with Gasteiger partial charge in [-0.05, 0) is 37.1 Å². The highest BCUT2D eigenvalue weighted by Gasteiger charge is 2.74. The number of ketones is 2. The Morgan fingerprint density at radius 3 is 2.09 bits per heavy atom. The predicted molar refractivity (Wildman–Crippen MR) is 129 cm³/mol. The lowest BCUT2D eigenvalue weighted by Gasteiger charge is -2.27. The van der Waals surface area contributed by atoms with Crippen molar-refractivity contribution in [2.75, 3.05) is 4.90 Å². The van der Waals surface area contributed by atoms with Crippen molar-refractivity contribution in [1.82, 2.24) is 0 Å². The first-order chi connectivity index (χ1) is 16.8. The van der Waals surface area contributed by atoms with Gasteiger partial charge in [0.25, 0.3) is 0 Å². The highest BCUT2D eigenvalue weighted by molar-refractivity contribution is 6.37. The zero-order valence-electron chi connectivity index (χ0n) is 18.9. The van der Waals surface area contributed by atoms with Crippen molar-refractivity contribution >= 4 is 40.7 Å². The average Bonchev–Trinajstić information content (AvgIpc) is 3.41. The molecule has 35 heavy (non-hydrogen) atoms. The topological polar surface area (TPSA) is 80.8 Å². The van der Waals surface area contributed by atoms with E-state index in [9.17, 15) is 19.2 Å². The lowest BCUT2D eigenvalue weighted by molar-refractivity contribution is -0.127. The summed E-state index contributed by atoms with van der Waals surface area (Å²) in [4.78, 5) is 56.5. The fourth-order valence-electron chi connectivity index (χ4n) is 5.64. The van der Waals surface area contributed by atoms with Crippen LogP contribution in [0, 0.1) is 25.7 Å². The van der Waals surface area contributed by atoms with Crippen LogP contribution in [-0.4, -0.2) is 29.0 Å². The van der Waals surface area contributed by atoms with Gasteiger partial charge in [-0.3, -0.25) is 19.2 Å². The Labute approximate surface area is 206 Å². The second-order valence-corrected chi connectivity index (χ2v) is 9.77. The molecule has 6 rings (SSSR count). The maximum atomic E-state index is 14.0. The number of rotatable bonds is 2. The van der Waals surface area contributed by atoms with Crippen LogP contribution in [0.5, 0.6) is 0 Å². The average molecular weight is 486 g/mol. The maximum absolute atomic E-state index is 14.0. The second-order valence-electron chi connectivity index (χ2n) is 9.33. The summed E-state index contributed by atoms with van der Waals surface area (Å²) in [6, 6.07) is 18.7. The van der Waals surface area contributed by atoms with Crippen LogP contribution in [0.3, 0.4) is 0 Å². The summed E-state index contributed by atoms with van der Waals surface area (Å²) < 4.78 is 6.30. The van der Waals surface area contributed by atoms with Crippen LogP contribution in [0.15, 0.2) is 66.7 Å². The number of Topliss-reactive ketones (excluding diaryl/α,β-unsaturated/α-hetero) is 2. The van der Waals surface area contributed by atoms with Gasteiger partial charge in [-0.1, -0.05) is 71.8 Å². The quantitative estimate of drug-likeness (QED) is 0.390. The molecule has 0 aromatic heterocycles. The summed E-state index contributed by atoms with van der Waals surface area (Å²) in [5, 5.41) is 0.365. The molecule has 0 saturated carbocycles. The van der Waals surface area contributed by atoms with Gasteiger partial charge in [0, 0.05) is 16.1 Å². The Bertz CT molecular complexity index is 1430. The summed E-state index contributed by atoms with van der Waals surface area (Å²) in [5.74, 6) is -4.61. The van der Waals surface area contributed by atoms with Gasteiger partial charge < -0.3 is 4.74 Å². The Morgan fingerprint density at radius 1 is 0.829 bits per heavy atom. The number of anilines is 1. The van der Waals surface area contributed by atoms with Crippen LogP contribution >= 0.6 is 11.6 Å². The standard InChI is InChI=1S/C28H20ClNO5/c1-14-7-10-16(11-8-14)23-21-22(27(34)30(26(21)33)20-13-17(29)12-9-15(20)2)28(35-23)24(31)18-5-3-4-6-19(18)25(28)32/h3-13,21-23H,1-2H3. The number of ether oxygens (including phenoxy) is 1. The monoisotopic (exact) mass is 485 g/mol. The molecule has 0 N–H and O–H groups in total. The van der Waals surface area contributed by atoms with Crippen molar-refractivity contribution in [3.8, 4) is 0 Å². The summed E-state index contributed by atoms with van der Waals surface area (Å²) >= 11 is 6.20. The predicted octanol–water partition coefficient (Wildman–Crippen LogP) is 4.65. The number of carbonyl (C=O) groups is 4. The Balaban J connectivity index is 1.56. The lowest BCUT2D eigenvalue weighted by Crippen LogP contribution is -2.51. The molecule has 2 saturated heterocycles. The first kappa shape index (κ1) is 21.9. The molecule has 0 radical (unpaired) electrons. The van der Waals surface area contributed by atoms with Crippen LogP contribution in [0.1, 0.15) is 43.5 Å². The second kappa shape index (κ2) is 7.44. The highest BCUT2D eigenvalue weighted by atomic mass is 35.5. The van der Waals surface area contributed by atoms with Gasteiger partial charge in [0.2, 0.25) is 29.0 Å². The molecule has 3 aromatic carbocycles. The van der Waals surface area contributed by atoms with Gasteiger partial charge in [0.1, 0.15) is 0 Å². The van der Waals surface area contributed by atoms with E-state index >= 15 is 0 Å². The molecule has 3 atom stereocenters. The van der Waals surface area contributed by atoms with Crippen molar-refractivity contribution in [2.24, 2.45) is 11.8 Å². The van der Waals surface area contributed by atoms with Crippen LogP contribution in [-0.2, 0) is 14.3 Å². The summed E-state index contributed by atoms with van der Waals surface area (Å²) in [7, 11) is 0. The van der Waals surface area contributed by atoms with E-state index in [-0.39, 0.29) is 11.1 Å². The molecule has 1 aliphatic carbocycles. The number of carbonyl (C=O) groups excluding carboxylic acids is 4. The molecule has 6 nitrogen and oxygen atoms in total. The third-order valence-corrected chi connectivity index (χ3v) is 7.57. The Kier molecular flexibility index (Phi) is 4.66. The van der Waals surface area contributed by atoms with E-state index in [2.05, 4.69) is 0 Å². The Hall–Kier alpha value is -3.61. The number of hydrogen-bond acceptors (Lipinski definition) is 5. The van der Waals surface area contributed by atoms with E-state index < -0.39 is 46.9 Å². The molecule has 3 aromatic rings. The molecule has 2 heterocycles. The maximum Gasteiger partial charge on any atom is 0.241 e. The van der Waals surface area contributed by atoms with Gasteiger partial charge in [-0.25, -0.2) is 4.90 Å². The van der Waals surface area contributed by atoms with Gasteiger partial charge >= 0.3 is 0 Å². The van der Waals surface area contributed by atoms with E-state index in [0.717, 1.165) is 10.5 Å². The molecule has 7 heteroatoms. The number of imide groups is 1. The van der Waals surface area contributed by atoms with E-state index in [1.54, 1.807) is 61.5 Å². The fraction of sp³-hybridized carbons (Fsp3) is 0.214. The van der Waals surface area contributed by atoms with Crippen LogP contribution < -0.4 is 4.90 Å². The molecule has 2 amide bonds. The fourth-order valence-corrected chi connectivity index (χ4v) is 5.80. The molecule has 2 aliphatic heterocycles. The van der Waals surface area contributed by atoms with E-state index in [1.807, 2.05) is 19.1 Å². The summed E-state index contributed by atoms with van der Waals surface area (Å²) in [6.07, 6.45) is -0.941. The molecule has 174 valence electrons. The number of aryl methyl sites for hydroxylation is 2. The lowest BCUT2D eigenvalue weighted by atomic mass is 9.77. The van der Waals surface area contributed by atoms with Crippen molar-refractivity contribution in [3.63, 3.8) is 0 Å². The van der Waals surface area contributed by atoms with Crippen molar-refractivity contribution in [3.05, 3.63) is 99.6 Å². The minimum absolute atomic E-state index is 0.207. The largest absolute Gasteiger partial charge is 0.349 e. The van der Waals surface area contributed by atoms with Gasteiger partial charge in [0.15, 0.2) is 0 Å². The summed E-state index contributed by atoms with van der Waals surface area (Å²) in [6.45, 7) is 3.70. The molecule has 0 bridgehead atoms. The molecule has 3 unspecified atom stereocenters. The number of fused-ring (bicyclic) bond motifs is 3. The number of benzene rings is 3. The highest BCUT2D eigenvalue weighted by Crippen LogP contribution is 2.57. The first-order valence-electron chi connectivity index (χ1n) is 11.3. The zero-order valence-corrected chi connectivity index (χ0v) is 19.7. The molecule has 2 fully saturated rings. The molecule has 3 aliphatic rings. The van der Waals surface area contributed by atoms with Crippen LogP contribution in [0.2, 0.25) is 5.02 Å². The summed E-state index contributed by atoms with van der Waals surface area (Å²) in [5.41, 5.74) is 0.975. The third-order valence-electron chi connectivity index (χ3n) is 7.34. The smallest absolute Gasteiger partial charge is 0.241 e. The number of halogens is 1. The number of nitrogens with zero attached hydrogens (tertiary/aromatic N) is 1. The Morgan fingerprint density at radius 2 is 1.46 bits per heavy atom. The minimum atomic E-state index is -2.09. The van der Waals surface area contributed by atoms with E-state index in [1.165, 1.54) is 0 Å². The zero-order chi connectivity index (χ0) is 24.6. The van der Waals surface area contributed by atoms with Gasteiger partial charge in [0.05, 0.1) is 23.6 Å². The SMILES string of the molecule is Cc1ccc(C2OC3(C(=O)c4ccccc4C3=O)C3C(=O)N(c4cc(Cl)ccc4C)C(=O)C23)cc1. The minimum Gasteiger partial charge on any atom is -0.349 e. The van der Waals surface area contributed by atoms with Crippen LogP contribution in [0.25, 0.3) is 0 Å². The number of hydrogen-bond donors (Lipinski definition) is 0. The molecular formula is C28H20ClNO5. The third kappa shape index (κ3) is 2.81. The molecule has 1 spiro atoms. The van der Waals surface area contributed by atoms with E-state index in [0.29, 0.717) is 21.8 Å². The van der Waals surface area contributed by atoms with Crippen LogP contribution in [0.4, 0.5) is 5.69 Å². The van der Waals surface area contributed by atoms with Crippen molar-refractivity contribution in [2.45, 2.75) is 25.6 Å². The normalized spacial score (nSPS) is 24.4. The molecular weight excluding hydrogens is 466 g/mol.